The number of rotatable bonds is 6. The predicted molar refractivity (Wildman–Crippen MR) is 89.3 cm³/mol. The normalized spacial score (nSPS) is 16.0. The SMILES string of the molecule is CCC(C(=O)Oc1c(OC)cc(C)cc1OC)N1CC=CCC1. The summed E-state index contributed by atoms with van der Waals surface area (Å²) in [6.07, 6.45) is 5.89. The minimum Gasteiger partial charge on any atom is -0.493 e. The average Bonchev–Trinajstić information content (AvgIpc) is 2.57. The van der Waals surface area contributed by atoms with Crippen LogP contribution in [0.5, 0.6) is 17.2 Å². The summed E-state index contributed by atoms with van der Waals surface area (Å²) in [4.78, 5) is 14.8. The average molecular weight is 319 g/mol. The third-order valence-corrected chi connectivity index (χ3v) is 4.00. The number of aryl methyl sites for hydroxylation is 1. The van der Waals surface area contributed by atoms with Crippen LogP contribution in [0.15, 0.2) is 24.3 Å². The number of carbonyl (C=O) groups is 1. The lowest BCUT2D eigenvalue weighted by Gasteiger charge is -2.30. The van der Waals surface area contributed by atoms with Gasteiger partial charge in [-0.1, -0.05) is 19.1 Å². The fraction of sp³-hybridized carbons (Fsp3) is 0.500. The van der Waals surface area contributed by atoms with E-state index >= 15 is 0 Å². The Labute approximate surface area is 137 Å². The zero-order chi connectivity index (χ0) is 16.8. The van der Waals surface area contributed by atoms with E-state index in [2.05, 4.69) is 17.1 Å². The molecule has 2 rings (SSSR count). The second-order valence-corrected chi connectivity index (χ2v) is 5.60. The smallest absolute Gasteiger partial charge is 0.329 e. The number of carbonyl (C=O) groups excluding carboxylic acids is 1. The maximum atomic E-state index is 12.7. The van der Waals surface area contributed by atoms with Gasteiger partial charge in [0.15, 0.2) is 11.5 Å². The number of hydrogen-bond donors (Lipinski definition) is 0. The van der Waals surface area contributed by atoms with Crippen LogP contribution in [0.4, 0.5) is 0 Å². The largest absolute Gasteiger partial charge is 0.493 e. The molecule has 23 heavy (non-hydrogen) atoms. The first-order valence-electron chi connectivity index (χ1n) is 7.94. The van der Waals surface area contributed by atoms with E-state index in [9.17, 15) is 4.79 Å². The Bertz CT molecular complexity index is 557. The van der Waals surface area contributed by atoms with Crippen molar-refractivity contribution >= 4 is 5.97 Å². The number of nitrogens with zero attached hydrogens (tertiary/aromatic N) is 1. The first-order valence-corrected chi connectivity index (χ1v) is 7.94. The highest BCUT2D eigenvalue weighted by Crippen LogP contribution is 2.38. The van der Waals surface area contributed by atoms with Gasteiger partial charge in [-0.2, -0.15) is 0 Å². The van der Waals surface area contributed by atoms with E-state index in [1.807, 2.05) is 26.0 Å². The standard InChI is InChI=1S/C18H25NO4/c1-5-14(19-9-7-6-8-10-19)18(20)23-17-15(21-3)11-13(2)12-16(17)22-4/h6-7,11-12,14H,5,8-10H2,1-4H3. The molecule has 0 spiro atoms. The Morgan fingerprint density at radius 2 is 1.87 bits per heavy atom. The van der Waals surface area contributed by atoms with Crippen molar-refractivity contribution in [1.29, 1.82) is 0 Å². The second kappa shape index (κ2) is 8.02. The van der Waals surface area contributed by atoms with E-state index in [0.717, 1.165) is 25.1 Å². The highest BCUT2D eigenvalue weighted by atomic mass is 16.6. The molecule has 1 aromatic carbocycles. The maximum Gasteiger partial charge on any atom is 0.329 e. The van der Waals surface area contributed by atoms with E-state index in [1.54, 1.807) is 14.2 Å². The molecule has 0 aromatic heterocycles. The van der Waals surface area contributed by atoms with Gasteiger partial charge in [0.25, 0.3) is 0 Å². The summed E-state index contributed by atoms with van der Waals surface area (Å²) in [5.41, 5.74) is 0.978. The van der Waals surface area contributed by atoms with E-state index < -0.39 is 0 Å². The van der Waals surface area contributed by atoms with Crippen LogP contribution >= 0.6 is 0 Å². The van der Waals surface area contributed by atoms with Gasteiger partial charge in [-0.25, -0.2) is 4.79 Å². The Hall–Kier alpha value is -2.01. The third kappa shape index (κ3) is 4.05. The van der Waals surface area contributed by atoms with Crippen LogP contribution in [0.25, 0.3) is 0 Å². The molecule has 1 heterocycles. The lowest BCUT2D eigenvalue weighted by atomic mass is 10.1. The minimum absolute atomic E-state index is 0.268. The third-order valence-electron chi connectivity index (χ3n) is 4.00. The molecule has 0 N–H and O–H groups in total. The summed E-state index contributed by atoms with van der Waals surface area (Å²) in [6, 6.07) is 3.39. The van der Waals surface area contributed by atoms with Crippen molar-refractivity contribution < 1.29 is 19.0 Å². The van der Waals surface area contributed by atoms with Crippen molar-refractivity contribution in [3.63, 3.8) is 0 Å². The quantitative estimate of drug-likeness (QED) is 0.458. The molecule has 1 atom stereocenters. The predicted octanol–water partition coefficient (Wildman–Crippen LogP) is 2.96. The first-order chi connectivity index (χ1) is 11.1. The lowest BCUT2D eigenvalue weighted by Crippen LogP contribution is -2.44. The van der Waals surface area contributed by atoms with Crippen LogP contribution in [0.3, 0.4) is 0 Å². The van der Waals surface area contributed by atoms with Gasteiger partial charge >= 0.3 is 5.97 Å². The van der Waals surface area contributed by atoms with Crippen LogP contribution in [0.2, 0.25) is 0 Å². The van der Waals surface area contributed by atoms with Gasteiger partial charge in [-0.05, 0) is 37.5 Å². The second-order valence-electron chi connectivity index (χ2n) is 5.60. The van der Waals surface area contributed by atoms with Crippen LogP contribution in [0.1, 0.15) is 25.3 Å². The van der Waals surface area contributed by atoms with Gasteiger partial charge in [0, 0.05) is 13.1 Å². The van der Waals surface area contributed by atoms with Crippen molar-refractivity contribution in [3.8, 4) is 17.2 Å². The summed E-state index contributed by atoms with van der Waals surface area (Å²) in [5, 5.41) is 0. The number of methoxy groups -OCH3 is 2. The van der Waals surface area contributed by atoms with Crippen LogP contribution in [-0.4, -0.2) is 44.2 Å². The lowest BCUT2D eigenvalue weighted by molar-refractivity contribution is -0.140. The van der Waals surface area contributed by atoms with E-state index in [1.165, 1.54) is 0 Å². The Balaban J connectivity index is 2.22. The molecule has 0 fully saturated rings. The molecule has 5 nitrogen and oxygen atoms in total. The van der Waals surface area contributed by atoms with Gasteiger partial charge in [0.2, 0.25) is 5.75 Å². The number of hydrogen-bond acceptors (Lipinski definition) is 5. The van der Waals surface area contributed by atoms with Crippen LogP contribution < -0.4 is 14.2 Å². The van der Waals surface area contributed by atoms with Crippen LogP contribution in [-0.2, 0) is 4.79 Å². The summed E-state index contributed by atoms with van der Waals surface area (Å²) in [7, 11) is 3.11. The molecule has 0 bridgehead atoms. The summed E-state index contributed by atoms with van der Waals surface area (Å²) in [6.45, 7) is 5.57. The highest BCUT2D eigenvalue weighted by Gasteiger charge is 2.28. The molecule has 0 amide bonds. The first kappa shape index (κ1) is 17.3. The highest BCUT2D eigenvalue weighted by molar-refractivity contribution is 5.80. The van der Waals surface area contributed by atoms with Crippen molar-refractivity contribution in [3.05, 3.63) is 29.8 Å². The van der Waals surface area contributed by atoms with E-state index in [-0.39, 0.29) is 12.0 Å². The van der Waals surface area contributed by atoms with Crippen molar-refractivity contribution in [2.45, 2.75) is 32.7 Å². The molecular formula is C18H25NO4. The molecular weight excluding hydrogens is 294 g/mol. The Morgan fingerprint density at radius 1 is 1.22 bits per heavy atom. The summed E-state index contributed by atoms with van der Waals surface area (Å²) < 4.78 is 16.4. The fourth-order valence-electron chi connectivity index (χ4n) is 2.80. The van der Waals surface area contributed by atoms with Gasteiger partial charge in [-0.15, -0.1) is 0 Å². The maximum absolute atomic E-state index is 12.7. The molecule has 1 aliphatic rings. The molecule has 1 aliphatic heterocycles. The van der Waals surface area contributed by atoms with Gasteiger partial charge in [0.1, 0.15) is 6.04 Å². The number of esters is 1. The molecule has 126 valence electrons. The number of benzene rings is 1. The van der Waals surface area contributed by atoms with E-state index in [0.29, 0.717) is 23.7 Å². The minimum atomic E-state index is -0.275. The monoisotopic (exact) mass is 319 g/mol. The topological polar surface area (TPSA) is 48.0 Å². The molecule has 0 saturated carbocycles. The molecule has 1 aromatic rings. The van der Waals surface area contributed by atoms with Crippen molar-refractivity contribution in [2.75, 3.05) is 27.3 Å². The molecule has 5 heteroatoms. The number of ether oxygens (including phenoxy) is 3. The Morgan fingerprint density at radius 3 is 2.35 bits per heavy atom. The summed E-state index contributed by atoms with van der Waals surface area (Å²) in [5.74, 6) is 1.08. The zero-order valence-electron chi connectivity index (χ0n) is 14.3. The molecule has 0 aliphatic carbocycles. The molecule has 0 saturated heterocycles. The Kier molecular flexibility index (Phi) is 6.04. The van der Waals surface area contributed by atoms with Gasteiger partial charge in [-0.3, -0.25) is 4.90 Å². The molecule has 1 unspecified atom stereocenters. The van der Waals surface area contributed by atoms with Crippen molar-refractivity contribution in [2.24, 2.45) is 0 Å². The van der Waals surface area contributed by atoms with Crippen molar-refractivity contribution in [1.82, 2.24) is 4.90 Å². The zero-order valence-corrected chi connectivity index (χ0v) is 14.3. The van der Waals surface area contributed by atoms with Crippen LogP contribution in [0, 0.1) is 6.92 Å². The molecule has 0 radical (unpaired) electrons. The summed E-state index contributed by atoms with van der Waals surface area (Å²) >= 11 is 0. The van der Waals surface area contributed by atoms with Gasteiger partial charge in [0.05, 0.1) is 14.2 Å². The van der Waals surface area contributed by atoms with E-state index in [4.69, 9.17) is 14.2 Å². The van der Waals surface area contributed by atoms with Gasteiger partial charge < -0.3 is 14.2 Å². The fourth-order valence-corrected chi connectivity index (χ4v) is 2.80.